The first-order valence-electron chi connectivity index (χ1n) is 8.19. The number of nitrogens with zero attached hydrogens (tertiary/aromatic N) is 5. The van der Waals surface area contributed by atoms with E-state index < -0.39 is 0 Å². The summed E-state index contributed by atoms with van der Waals surface area (Å²) in [6, 6.07) is 0.432. The number of hydrogen-bond donors (Lipinski definition) is 0. The van der Waals surface area contributed by atoms with Crippen molar-refractivity contribution in [3.63, 3.8) is 0 Å². The molecule has 0 radical (unpaired) electrons. The summed E-state index contributed by atoms with van der Waals surface area (Å²) in [5.41, 5.74) is 3.04. The summed E-state index contributed by atoms with van der Waals surface area (Å²) in [7, 11) is 6.32. The Morgan fingerprint density at radius 2 is 2.09 bits per heavy atom. The maximum Gasteiger partial charge on any atom is 0.168 e. The number of carbonyl (C=O) groups excluding carboxylic acids is 1. The molecule has 1 fully saturated rings. The van der Waals surface area contributed by atoms with Gasteiger partial charge in [0.25, 0.3) is 0 Å². The maximum atomic E-state index is 11.6. The molecule has 0 bridgehead atoms. The van der Waals surface area contributed by atoms with Crippen LogP contribution in [0.2, 0.25) is 0 Å². The molecule has 22 heavy (non-hydrogen) atoms. The van der Waals surface area contributed by atoms with Gasteiger partial charge in [0.05, 0.1) is 12.2 Å². The normalized spacial score (nSPS) is 20.7. The van der Waals surface area contributed by atoms with Gasteiger partial charge in [0.2, 0.25) is 0 Å². The first-order chi connectivity index (χ1) is 10.6. The highest BCUT2D eigenvalue weighted by Gasteiger charge is 2.28. The van der Waals surface area contributed by atoms with E-state index in [9.17, 15) is 4.79 Å². The maximum absolute atomic E-state index is 11.6. The van der Waals surface area contributed by atoms with E-state index in [1.54, 1.807) is 0 Å². The van der Waals surface area contributed by atoms with Crippen molar-refractivity contribution in [2.75, 3.05) is 47.3 Å². The predicted octanol–water partition coefficient (Wildman–Crippen LogP) is 0.319. The van der Waals surface area contributed by atoms with Gasteiger partial charge in [0.1, 0.15) is 5.69 Å². The molecule has 3 rings (SSSR count). The molecule has 0 amide bonds. The Kier molecular flexibility index (Phi) is 4.61. The number of fused-ring (bicyclic) bond motifs is 1. The molecule has 0 spiro atoms. The van der Waals surface area contributed by atoms with Crippen LogP contribution in [0.25, 0.3) is 0 Å². The first-order valence-corrected chi connectivity index (χ1v) is 8.19. The first kappa shape index (κ1) is 15.6. The summed E-state index contributed by atoms with van der Waals surface area (Å²) in [5, 5.41) is 4.76. The Labute approximate surface area is 132 Å². The molecule has 1 saturated heterocycles. The van der Waals surface area contributed by atoms with Crippen LogP contribution in [-0.2, 0) is 19.5 Å². The van der Waals surface area contributed by atoms with Crippen LogP contribution in [0.4, 0.5) is 0 Å². The molecular formula is C16H27N5O. The van der Waals surface area contributed by atoms with E-state index in [0.717, 1.165) is 55.8 Å². The second-order valence-electron chi connectivity index (χ2n) is 6.90. The Bertz CT molecular complexity index is 535. The van der Waals surface area contributed by atoms with Gasteiger partial charge in [-0.15, -0.1) is 0 Å². The minimum atomic E-state index is 0.432. The Morgan fingerprint density at radius 3 is 2.68 bits per heavy atom. The van der Waals surface area contributed by atoms with Crippen LogP contribution in [0.5, 0.6) is 0 Å². The van der Waals surface area contributed by atoms with Gasteiger partial charge in [-0.3, -0.25) is 14.4 Å². The van der Waals surface area contributed by atoms with Crippen molar-refractivity contribution >= 4 is 6.29 Å². The smallest absolute Gasteiger partial charge is 0.168 e. The van der Waals surface area contributed by atoms with E-state index in [4.69, 9.17) is 5.10 Å². The number of carbonyl (C=O) groups is 1. The van der Waals surface area contributed by atoms with Gasteiger partial charge >= 0.3 is 0 Å². The summed E-state index contributed by atoms with van der Waals surface area (Å²) >= 11 is 0. The van der Waals surface area contributed by atoms with Gasteiger partial charge in [-0.1, -0.05) is 0 Å². The fourth-order valence-electron chi connectivity index (χ4n) is 3.47. The fraction of sp³-hybridized carbons (Fsp3) is 0.750. The lowest BCUT2D eigenvalue weighted by Crippen LogP contribution is -2.51. The van der Waals surface area contributed by atoms with Crippen LogP contribution in [0, 0.1) is 0 Å². The van der Waals surface area contributed by atoms with Crippen LogP contribution in [0.3, 0.4) is 0 Å². The van der Waals surface area contributed by atoms with Crippen molar-refractivity contribution in [2.45, 2.75) is 32.0 Å². The number of likely N-dealkylation sites (tertiary alicyclic amines) is 1. The summed E-state index contributed by atoms with van der Waals surface area (Å²) in [4.78, 5) is 18.6. The zero-order chi connectivity index (χ0) is 15.7. The minimum absolute atomic E-state index is 0.432. The average molecular weight is 305 g/mol. The lowest BCUT2D eigenvalue weighted by Gasteiger charge is -2.39. The third kappa shape index (κ3) is 3.09. The summed E-state index contributed by atoms with van der Waals surface area (Å²) < 4.78 is 1.96. The van der Waals surface area contributed by atoms with Crippen molar-refractivity contribution in [1.29, 1.82) is 0 Å². The van der Waals surface area contributed by atoms with E-state index in [1.165, 1.54) is 19.5 Å². The standard InChI is InChI=1S/C16H27N5O/c1-18(2)9-13(20-6-4-7-20)10-21-16(12-22)14-11-19(3)8-5-15(14)17-21/h12-13H,4-11H2,1-3H3. The van der Waals surface area contributed by atoms with Gasteiger partial charge in [0, 0.05) is 37.7 Å². The number of rotatable bonds is 6. The molecule has 2 aliphatic heterocycles. The molecule has 6 nitrogen and oxygen atoms in total. The molecule has 1 aromatic heterocycles. The zero-order valence-electron chi connectivity index (χ0n) is 14.0. The lowest BCUT2D eigenvalue weighted by atomic mass is 10.1. The summed E-state index contributed by atoms with van der Waals surface area (Å²) in [5.74, 6) is 0. The van der Waals surface area contributed by atoms with Crippen molar-refractivity contribution in [3.8, 4) is 0 Å². The van der Waals surface area contributed by atoms with E-state index in [2.05, 4.69) is 35.8 Å². The molecule has 6 heteroatoms. The second-order valence-corrected chi connectivity index (χ2v) is 6.90. The van der Waals surface area contributed by atoms with Crippen molar-refractivity contribution in [3.05, 3.63) is 17.0 Å². The van der Waals surface area contributed by atoms with Gasteiger partial charge in [0.15, 0.2) is 6.29 Å². The molecule has 122 valence electrons. The summed E-state index contributed by atoms with van der Waals surface area (Å²) in [6.07, 6.45) is 3.22. The Balaban J connectivity index is 1.82. The monoisotopic (exact) mass is 305 g/mol. The molecule has 0 aliphatic carbocycles. The van der Waals surface area contributed by atoms with Crippen LogP contribution in [0.1, 0.15) is 28.2 Å². The van der Waals surface area contributed by atoms with E-state index in [1.807, 2.05) is 4.68 Å². The molecule has 0 aromatic carbocycles. The Hall–Kier alpha value is -1.24. The molecular weight excluding hydrogens is 278 g/mol. The van der Waals surface area contributed by atoms with E-state index in [-0.39, 0.29) is 0 Å². The molecule has 3 heterocycles. The Morgan fingerprint density at radius 1 is 1.32 bits per heavy atom. The molecule has 1 unspecified atom stereocenters. The van der Waals surface area contributed by atoms with Gasteiger partial charge < -0.3 is 9.80 Å². The predicted molar refractivity (Wildman–Crippen MR) is 86.2 cm³/mol. The van der Waals surface area contributed by atoms with Crippen molar-refractivity contribution in [1.82, 2.24) is 24.5 Å². The van der Waals surface area contributed by atoms with Crippen LogP contribution in [0.15, 0.2) is 0 Å². The topological polar surface area (TPSA) is 44.6 Å². The quantitative estimate of drug-likeness (QED) is 0.708. The SMILES string of the molecule is CN(C)CC(Cn1nc2c(c1C=O)CN(C)CC2)N1CCC1. The molecule has 2 aliphatic rings. The molecule has 1 atom stereocenters. The van der Waals surface area contributed by atoms with Gasteiger partial charge in [-0.2, -0.15) is 5.10 Å². The van der Waals surface area contributed by atoms with Crippen molar-refractivity contribution in [2.24, 2.45) is 0 Å². The van der Waals surface area contributed by atoms with Crippen LogP contribution >= 0.6 is 0 Å². The largest absolute Gasteiger partial charge is 0.308 e. The summed E-state index contributed by atoms with van der Waals surface area (Å²) in [6.45, 7) is 6.00. The van der Waals surface area contributed by atoms with Gasteiger partial charge in [-0.05, 0) is 40.7 Å². The molecule has 1 aromatic rings. The highest BCUT2D eigenvalue weighted by atomic mass is 16.1. The zero-order valence-corrected chi connectivity index (χ0v) is 14.0. The number of hydrogen-bond acceptors (Lipinski definition) is 5. The second kappa shape index (κ2) is 6.48. The fourth-order valence-corrected chi connectivity index (χ4v) is 3.47. The number of likely N-dealkylation sites (N-methyl/N-ethyl adjacent to an activating group) is 2. The number of aromatic nitrogens is 2. The van der Waals surface area contributed by atoms with Crippen molar-refractivity contribution < 1.29 is 4.79 Å². The molecule has 0 saturated carbocycles. The third-order valence-electron chi connectivity index (χ3n) is 4.81. The van der Waals surface area contributed by atoms with Gasteiger partial charge in [-0.25, -0.2) is 0 Å². The van der Waals surface area contributed by atoms with Crippen LogP contribution < -0.4 is 0 Å². The van der Waals surface area contributed by atoms with E-state index in [0.29, 0.717) is 6.04 Å². The van der Waals surface area contributed by atoms with E-state index >= 15 is 0 Å². The lowest BCUT2D eigenvalue weighted by molar-refractivity contribution is 0.0824. The third-order valence-corrected chi connectivity index (χ3v) is 4.81. The van der Waals surface area contributed by atoms with Crippen LogP contribution in [-0.4, -0.2) is 84.1 Å². The highest BCUT2D eigenvalue weighted by Crippen LogP contribution is 2.22. The highest BCUT2D eigenvalue weighted by molar-refractivity contribution is 5.75. The molecule has 0 N–H and O–H groups in total. The average Bonchev–Trinajstić information content (AvgIpc) is 2.72. The minimum Gasteiger partial charge on any atom is -0.308 e. The number of aldehydes is 1.